The number of quaternary nitrogens is 2. The predicted molar refractivity (Wildman–Crippen MR) is 167 cm³/mol. The highest BCUT2D eigenvalue weighted by Gasteiger charge is 2.54. The average Bonchev–Trinajstić information content (AvgIpc) is 2.96. The van der Waals surface area contributed by atoms with Gasteiger partial charge in [0, 0.05) is 23.1 Å². The van der Waals surface area contributed by atoms with Crippen LogP contribution in [0, 0.1) is 6.92 Å². The maximum absolute atomic E-state index is 12.6. The lowest BCUT2D eigenvalue weighted by molar-refractivity contribution is -1.02. The molecular formula is C29H51N3O11P2+2. The van der Waals surface area contributed by atoms with E-state index in [9.17, 15) is 49.1 Å². The van der Waals surface area contributed by atoms with E-state index in [1.165, 1.54) is 0 Å². The van der Waals surface area contributed by atoms with Crippen molar-refractivity contribution in [2.75, 3.05) is 38.9 Å². The second-order valence-corrected chi connectivity index (χ2v) is 14.7. The van der Waals surface area contributed by atoms with E-state index >= 15 is 0 Å². The second kappa shape index (κ2) is 18.0. The number of rotatable bonds is 21. The number of benzene rings is 2. The Labute approximate surface area is 264 Å². The van der Waals surface area contributed by atoms with E-state index in [4.69, 9.17) is 10.5 Å². The summed E-state index contributed by atoms with van der Waals surface area (Å²) >= 11 is 0. The number of aliphatic hydroxyl groups excluding tert-OH is 4. The van der Waals surface area contributed by atoms with Crippen molar-refractivity contribution in [2.45, 2.75) is 71.0 Å². The maximum atomic E-state index is 12.6. The molecule has 0 aliphatic rings. The number of para-hydroxylation sites is 1. The molecule has 45 heavy (non-hydrogen) atoms. The molecule has 2 aromatic rings. The topological polar surface area (TPSA) is 240 Å². The van der Waals surface area contributed by atoms with Gasteiger partial charge in [-0.2, -0.15) is 0 Å². The van der Waals surface area contributed by atoms with Gasteiger partial charge in [-0.25, -0.2) is 0 Å². The summed E-state index contributed by atoms with van der Waals surface area (Å²) in [6.07, 6.45) is -0.527. The number of nitrogens with two attached hydrogens (primary N) is 1. The molecule has 12 N–H and O–H groups in total. The molecule has 16 heteroatoms. The molecule has 0 aliphatic carbocycles. The quantitative estimate of drug-likeness (QED) is 0.0525. The van der Waals surface area contributed by atoms with E-state index in [1.807, 2.05) is 0 Å². The molecule has 2 aromatic carbocycles. The Balaban J connectivity index is 2.84. The minimum atomic E-state index is -4.77. The molecule has 0 aliphatic heterocycles. The summed E-state index contributed by atoms with van der Waals surface area (Å²) in [6.45, 7) is 1.92. The summed E-state index contributed by atoms with van der Waals surface area (Å²) in [4.78, 5) is 41.3. The molecule has 0 radical (unpaired) electrons. The highest BCUT2D eigenvalue weighted by atomic mass is 31.2. The van der Waals surface area contributed by atoms with Crippen molar-refractivity contribution in [1.82, 2.24) is 0 Å². The number of hydrogen-bond acceptors (Lipinski definition) is 8. The van der Waals surface area contributed by atoms with Crippen LogP contribution >= 0.6 is 15.2 Å². The van der Waals surface area contributed by atoms with Crippen LogP contribution in [0.15, 0.2) is 36.4 Å². The molecule has 0 spiro atoms. The standard InChI is InChI=1S/C29H49N3O11P2/c1-3-43-28-24(9-7-11-26(28)17-34)14-31(20-44(37,38)39)27(18-35)29(19-36,12-4-5-13-30)32(21-45(40,41)42)15-23-8-6-10-25(16-33)22(23)2/h6-11,27,33-36H,3-5,12-21,30H2,1-2H3,(H2,37,38,39)(H2,40,41,42)/p+2. The summed E-state index contributed by atoms with van der Waals surface area (Å²) < 4.78 is 31.0. The van der Waals surface area contributed by atoms with Crippen LogP contribution in [0.3, 0.4) is 0 Å². The minimum Gasteiger partial charge on any atom is -0.493 e. The van der Waals surface area contributed by atoms with Gasteiger partial charge in [-0.1, -0.05) is 30.3 Å². The Morgan fingerprint density at radius 2 is 1.42 bits per heavy atom. The molecule has 0 saturated heterocycles. The molecule has 4 atom stereocenters. The van der Waals surface area contributed by atoms with Gasteiger partial charge in [0.2, 0.25) is 0 Å². The van der Waals surface area contributed by atoms with Crippen LogP contribution in [-0.2, 0) is 35.4 Å². The first-order valence-electron chi connectivity index (χ1n) is 14.9. The molecule has 0 aromatic heterocycles. The Morgan fingerprint density at radius 1 is 0.844 bits per heavy atom. The average molecular weight is 680 g/mol. The third-order valence-corrected chi connectivity index (χ3v) is 10.0. The molecule has 0 fully saturated rings. The third kappa shape index (κ3) is 11.2. The highest BCUT2D eigenvalue weighted by molar-refractivity contribution is 7.51. The Kier molecular flexibility index (Phi) is 15.8. The molecule has 2 rings (SSSR count). The van der Waals surface area contributed by atoms with Gasteiger partial charge in [0.05, 0.1) is 19.8 Å². The van der Waals surface area contributed by atoms with Crippen molar-refractivity contribution in [1.29, 1.82) is 0 Å². The molecule has 0 heterocycles. The smallest absolute Gasteiger partial charge is 0.379 e. The van der Waals surface area contributed by atoms with Crippen molar-refractivity contribution >= 4 is 15.2 Å². The molecule has 14 nitrogen and oxygen atoms in total. The van der Waals surface area contributed by atoms with Crippen molar-refractivity contribution in [3.63, 3.8) is 0 Å². The van der Waals surface area contributed by atoms with Crippen LogP contribution in [0.5, 0.6) is 5.75 Å². The van der Waals surface area contributed by atoms with Gasteiger partial charge in [0.15, 0.2) is 24.2 Å². The summed E-state index contributed by atoms with van der Waals surface area (Å²) in [6, 6.07) is 9.02. The first kappa shape index (κ1) is 39.4. The van der Waals surface area contributed by atoms with Gasteiger partial charge in [-0.05, 0) is 50.4 Å². The zero-order chi connectivity index (χ0) is 33.8. The first-order chi connectivity index (χ1) is 21.2. The summed E-state index contributed by atoms with van der Waals surface area (Å²) in [5.41, 5.74) is 7.13. The fourth-order valence-corrected chi connectivity index (χ4v) is 7.96. The van der Waals surface area contributed by atoms with E-state index in [0.717, 1.165) is 0 Å². The van der Waals surface area contributed by atoms with Crippen molar-refractivity contribution < 1.29 is 63.7 Å². The number of hydrogen-bond donors (Lipinski definition) is 11. The van der Waals surface area contributed by atoms with E-state index in [2.05, 4.69) is 0 Å². The molecule has 4 unspecified atom stereocenters. The molecular weight excluding hydrogens is 628 g/mol. The fourth-order valence-electron chi connectivity index (χ4n) is 6.18. The monoisotopic (exact) mass is 679 g/mol. The van der Waals surface area contributed by atoms with E-state index in [0.29, 0.717) is 53.0 Å². The number of ether oxygens (including phenoxy) is 1. The van der Waals surface area contributed by atoms with Crippen molar-refractivity contribution in [2.24, 2.45) is 5.73 Å². The van der Waals surface area contributed by atoms with Crippen LogP contribution in [0.4, 0.5) is 0 Å². The fraction of sp³-hybridized carbons (Fsp3) is 0.586. The van der Waals surface area contributed by atoms with E-state index in [1.54, 1.807) is 50.2 Å². The molecule has 0 amide bonds. The van der Waals surface area contributed by atoms with E-state index < -0.39 is 52.6 Å². The largest absolute Gasteiger partial charge is 0.493 e. The van der Waals surface area contributed by atoms with Crippen LogP contribution in [0.25, 0.3) is 0 Å². The predicted octanol–water partition coefficient (Wildman–Crippen LogP) is -1.66. The lowest BCUT2D eigenvalue weighted by atomic mass is 9.82. The second-order valence-electron chi connectivity index (χ2n) is 11.4. The van der Waals surface area contributed by atoms with Gasteiger partial charge in [-0.15, -0.1) is 0 Å². The zero-order valence-corrected chi connectivity index (χ0v) is 27.8. The molecule has 0 saturated carbocycles. The van der Waals surface area contributed by atoms with Crippen molar-refractivity contribution in [3.8, 4) is 5.75 Å². The third-order valence-electron chi connectivity index (χ3n) is 8.40. The van der Waals surface area contributed by atoms with Crippen LogP contribution in [0.2, 0.25) is 0 Å². The lowest BCUT2D eigenvalue weighted by Gasteiger charge is -2.46. The highest BCUT2D eigenvalue weighted by Crippen LogP contribution is 2.34. The van der Waals surface area contributed by atoms with Crippen molar-refractivity contribution in [3.05, 3.63) is 64.2 Å². The Hall–Kier alpha value is -1.74. The normalized spacial score (nSPS) is 15.8. The molecule has 256 valence electrons. The van der Waals surface area contributed by atoms with Gasteiger partial charge in [0.1, 0.15) is 32.1 Å². The number of aliphatic hydroxyl groups is 4. The molecule has 0 bridgehead atoms. The van der Waals surface area contributed by atoms with Gasteiger partial charge >= 0.3 is 15.2 Å². The summed E-state index contributed by atoms with van der Waals surface area (Å²) in [5.74, 6) is 0.330. The minimum absolute atomic E-state index is 0.0299. The van der Waals surface area contributed by atoms with Gasteiger partial charge in [0.25, 0.3) is 0 Å². The first-order valence-corrected chi connectivity index (χ1v) is 18.5. The number of unbranched alkanes of at least 4 members (excludes halogenated alkanes) is 1. The van der Waals surface area contributed by atoms with Crippen LogP contribution < -0.4 is 20.3 Å². The maximum Gasteiger partial charge on any atom is 0.379 e. The van der Waals surface area contributed by atoms with Gasteiger partial charge < -0.3 is 60.3 Å². The lowest BCUT2D eigenvalue weighted by Crippen LogP contribution is -3.29. The summed E-state index contributed by atoms with van der Waals surface area (Å²) in [7, 11) is -9.54. The Morgan fingerprint density at radius 3 is 1.93 bits per heavy atom. The SMILES string of the molecule is CCOc1c(CO)cccc1C[NH+](CP(=O)(O)O)C(CO)C(CO)(CCCCN)[NH+](Cc1cccc(CO)c1C)CP(=O)(O)O. The number of nitrogens with one attached hydrogen (secondary N) is 2. The van der Waals surface area contributed by atoms with Crippen LogP contribution in [-0.4, -0.2) is 90.5 Å². The van der Waals surface area contributed by atoms with E-state index in [-0.39, 0.29) is 49.1 Å². The van der Waals surface area contributed by atoms with Crippen LogP contribution in [0.1, 0.15) is 54.0 Å². The Bertz CT molecular complexity index is 1310. The summed E-state index contributed by atoms with van der Waals surface area (Å²) in [5, 5.41) is 42.0. The zero-order valence-electron chi connectivity index (χ0n) is 26.0. The van der Waals surface area contributed by atoms with Gasteiger partial charge in [-0.3, -0.25) is 9.13 Å².